The molecule has 0 unspecified atom stereocenters. The summed E-state index contributed by atoms with van der Waals surface area (Å²) in [6.07, 6.45) is 5.52. The largest absolute Gasteiger partial charge is 0.497 e. The maximum absolute atomic E-state index is 12.8. The molecular formula is C23H24N4O2. The zero-order valence-electron chi connectivity index (χ0n) is 16.9. The zero-order chi connectivity index (χ0) is 20.4. The molecule has 6 heteroatoms. The topological polar surface area (TPSA) is 72.8 Å². The maximum Gasteiger partial charge on any atom is 0.247 e. The molecule has 4 rings (SSSR count). The Morgan fingerprint density at radius 3 is 2.90 bits per heavy atom. The fourth-order valence-corrected chi connectivity index (χ4v) is 3.71. The van der Waals surface area contributed by atoms with Crippen LogP contribution < -0.4 is 4.74 Å². The van der Waals surface area contributed by atoms with Crippen LogP contribution in [0.3, 0.4) is 0 Å². The Kier molecular flexibility index (Phi) is 5.16. The molecular weight excluding hydrogens is 364 g/mol. The van der Waals surface area contributed by atoms with Gasteiger partial charge in [0.05, 0.1) is 12.8 Å². The van der Waals surface area contributed by atoms with Crippen molar-refractivity contribution < 1.29 is 9.53 Å². The second-order valence-electron chi connectivity index (χ2n) is 7.20. The lowest BCUT2D eigenvalue weighted by atomic mass is 10.0. The fourth-order valence-electron chi connectivity index (χ4n) is 3.71. The van der Waals surface area contributed by atoms with Crippen LogP contribution >= 0.6 is 0 Å². The SMILES string of the molecule is COc1cccc(CCC(=O)n2nc(C)c(Cc3c[nH]c4ncccc34)c2C)c1. The number of aromatic nitrogens is 4. The van der Waals surface area contributed by atoms with Crippen LogP contribution in [0.4, 0.5) is 0 Å². The van der Waals surface area contributed by atoms with Crippen molar-refractivity contribution in [3.8, 4) is 5.75 Å². The number of hydrogen-bond donors (Lipinski definition) is 1. The molecule has 0 fully saturated rings. The number of aryl methyl sites for hydroxylation is 2. The van der Waals surface area contributed by atoms with Crippen molar-refractivity contribution in [2.45, 2.75) is 33.1 Å². The maximum atomic E-state index is 12.8. The third-order valence-electron chi connectivity index (χ3n) is 5.34. The van der Waals surface area contributed by atoms with E-state index in [1.165, 1.54) is 0 Å². The molecule has 0 saturated heterocycles. The zero-order valence-corrected chi connectivity index (χ0v) is 16.9. The number of H-pyrrole nitrogens is 1. The van der Waals surface area contributed by atoms with Gasteiger partial charge in [0, 0.05) is 41.9 Å². The molecule has 0 saturated carbocycles. The van der Waals surface area contributed by atoms with Gasteiger partial charge in [0.2, 0.25) is 5.91 Å². The predicted octanol–water partition coefficient (Wildman–Crippen LogP) is 4.25. The van der Waals surface area contributed by atoms with E-state index in [1.807, 2.05) is 50.4 Å². The summed E-state index contributed by atoms with van der Waals surface area (Å²) in [4.78, 5) is 20.4. The van der Waals surface area contributed by atoms with Gasteiger partial charge in [0.1, 0.15) is 11.4 Å². The Morgan fingerprint density at radius 2 is 2.07 bits per heavy atom. The van der Waals surface area contributed by atoms with Gasteiger partial charge >= 0.3 is 0 Å². The number of pyridine rings is 1. The van der Waals surface area contributed by atoms with Crippen molar-refractivity contribution in [1.29, 1.82) is 0 Å². The van der Waals surface area contributed by atoms with Gasteiger partial charge in [-0.3, -0.25) is 4.79 Å². The van der Waals surface area contributed by atoms with Crippen molar-refractivity contribution in [3.63, 3.8) is 0 Å². The summed E-state index contributed by atoms with van der Waals surface area (Å²) >= 11 is 0. The highest BCUT2D eigenvalue weighted by atomic mass is 16.5. The van der Waals surface area contributed by atoms with Crippen molar-refractivity contribution in [2.24, 2.45) is 0 Å². The van der Waals surface area contributed by atoms with Gasteiger partial charge in [-0.25, -0.2) is 9.67 Å². The van der Waals surface area contributed by atoms with Crippen LogP contribution in [0, 0.1) is 13.8 Å². The Bertz CT molecular complexity index is 1170. The molecule has 0 aliphatic heterocycles. The summed E-state index contributed by atoms with van der Waals surface area (Å²) in [5, 5.41) is 5.63. The first-order valence-corrected chi connectivity index (χ1v) is 9.69. The van der Waals surface area contributed by atoms with E-state index < -0.39 is 0 Å². The highest BCUT2D eigenvalue weighted by molar-refractivity contribution is 5.81. The lowest BCUT2D eigenvalue weighted by molar-refractivity contribution is 0.0884. The monoisotopic (exact) mass is 388 g/mol. The van der Waals surface area contributed by atoms with Crippen LogP contribution in [0.15, 0.2) is 48.8 Å². The number of aromatic amines is 1. The molecule has 0 radical (unpaired) electrons. The van der Waals surface area contributed by atoms with E-state index in [9.17, 15) is 4.79 Å². The number of fused-ring (bicyclic) bond motifs is 1. The van der Waals surface area contributed by atoms with E-state index in [2.05, 4.69) is 21.1 Å². The lowest BCUT2D eigenvalue weighted by Crippen LogP contribution is -2.15. The van der Waals surface area contributed by atoms with Crippen molar-refractivity contribution >= 4 is 16.9 Å². The number of rotatable bonds is 6. The molecule has 29 heavy (non-hydrogen) atoms. The summed E-state index contributed by atoms with van der Waals surface area (Å²) in [5.74, 6) is 0.803. The summed E-state index contributed by atoms with van der Waals surface area (Å²) in [7, 11) is 1.64. The van der Waals surface area contributed by atoms with Crippen LogP contribution in [-0.4, -0.2) is 32.8 Å². The smallest absolute Gasteiger partial charge is 0.247 e. The van der Waals surface area contributed by atoms with Gasteiger partial charge in [-0.2, -0.15) is 5.10 Å². The molecule has 0 aliphatic rings. The molecule has 0 aliphatic carbocycles. The van der Waals surface area contributed by atoms with Gasteiger partial charge in [-0.05, 0) is 55.7 Å². The number of carbonyl (C=O) groups is 1. The average molecular weight is 388 g/mol. The lowest BCUT2D eigenvalue weighted by Gasteiger charge is -2.06. The molecule has 148 valence electrons. The van der Waals surface area contributed by atoms with E-state index in [-0.39, 0.29) is 5.91 Å². The summed E-state index contributed by atoms with van der Waals surface area (Å²) in [5.41, 5.74) is 5.98. The third kappa shape index (κ3) is 3.78. The van der Waals surface area contributed by atoms with Crippen LogP contribution in [0.2, 0.25) is 0 Å². The fraction of sp³-hybridized carbons (Fsp3) is 0.261. The van der Waals surface area contributed by atoms with Gasteiger partial charge in [0.25, 0.3) is 0 Å². The van der Waals surface area contributed by atoms with E-state index in [1.54, 1.807) is 18.0 Å². The minimum absolute atomic E-state index is 0.000244. The van der Waals surface area contributed by atoms with Gasteiger partial charge < -0.3 is 9.72 Å². The molecule has 0 spiro atoms. The van der Waals surface area contributed by atoms with Crippen molar-refractivity contribution in [1.82, 2.24) is 19.7 Å². The Balaban J connectivity index is 1.52. The van der Waals surface area contributed by atoms with Crippen LogP contribution in [0.25, 0.3) is 11.0 Å². The average Bonchev–Trinajstić information content (AvgIpc) is 3.28. The quantitative estimate of drug-likeness (QED) is 0.536. The minimum Gasteiger partial charge on any atom is -0.497 e. The van der Waals surface area contributed by atoms with E-state index in [0.29, 0.717) is 19.3 Å². The third-order valence-corrected chi connectivity index (χ3v) is 5.34. The molecule has 3 heterocycles. The molecule has 4 aromatic rings. The number of carbonyl (C=O) groups excluding carboxylic acids is 1. The molecule has 0 bridgehead atoms. The highest BCUT2D eigenvalue weighted by Crippen LogP contribution is 2.23. The molecule has 1 N–H and O–H groups in total. The van der Waals surface area contributed by atoms with Crippen molar-refractivity contribution in [3.05, 3.63) is 76.9 Å². The second-order valence-corrected chi connectivity index (χ2v) is 7.20. The van der Waals surface area contributed by atoms with Crippen molar-refractivity contribution in [2.75, 3.05) is 7.11 Å². The van der Waals surface area contributed by atoms with E-state index in [0.717, 1.165) is 44.9 Å². The Hall–Kier alpha value is -3.41. The van der Waals surface area contributed by atoms with Crippen LogP contribution in [0.1, 0.15) is 39.3 Å². The molecule has 3 aromatic heterocycles. The van der Waals surface area contributed by atoms with E-state index in [4.69, 9.17) is 4.74 Å². The van der Waals surface area contributed by atoms with Gasteiger partial charge in [0.15, 0.2) is 0 Å². The Morgan fingerprint density at radius 1 is 1.21 bits per heavy atom. The van der Waals surface area contributed by atoms with Crippen LogP contribution in [0.5, 0.6) is 5.75 Å². The number of nitrogens with one attached hydrogen (secondary N) is 1. The number of methoxy groups -OCH3 is 1. The van der Waals surface area contributed by atoms with E-state index >= 15 is 0 Å². The van der Waals surface area contributed by atoms with Gasteiger partial charge in [-0.1, -0.05) is 12.1 Å². The summed E-state index contributed by atoms with van der Waals surface area (Å²) in [6.45, 7) is 3.92. The molecule has 0 amide bonds. The van der Waals surface area contributed by atoms with Crippen LogP contribution in [-0.2, 0) is 12.8 Å². The first-order valence-electron chi connectivity index (χ1n) is 9.69. The highest BCUT2D eigenvalue weighted by Gasteiger charge is 2.18. The number of hydrogen-bond acceptors (Lipinski definition) is 4. The first kappa shape index (κ1) is 18.9. The summed E-state index contributed by atoms with van der Waals surface area (Å²) in [6, 6.07) is 11.8. The Labute approximate surface area is 169 Å². The normalized spacial score (nSPS) is 11.1. The standard InChI is InChI=1S/C23H24N4O2/c1-15-21(13-18-14-25-23-20(18)8-5-11-24-23)16(2)27(26-15)22(28)10-9-17-6-4-7-19(12-17)29-3/h4-8,11-12,14H,9-10,13H2,1-3H3,(H,24,25). The van der Waals surface area contributed by atoms with Gasteiger partial charge in [-0.15, -0.1) is 0 Å². The molecule has 0 atom stereocenters. The number of ether oxygens (including phenoxy) is 1. The number of nitrogens with zero attached hydrogens (tertiary/aromatic N) is 3. The summed E-state index contributed by atoms with van der Waals surface area (Å²) < 4.78 is 6.81. The molecule has 1 aromatic carbocycles. The second kappa shape index (κ2) is 7.91. The minimum atomic E-state index is 0.000244. The number of benzene rings is 1. The molecule has 6 nitrogen and oxygen atoms in total. The predicted molar refractivity (Wildman–Crippen MR) is 113 cm³/mol. The first-order chi connectivity index (χ1) is 14.1.